The second-order valence-corrected chi connectivity index (χ2v) is 5.25. The van der Waals surface area contributed by atoms with Crippen LogP contribution >= 0.6 is 0 Å². The first-order chi connectivity index (χ1) is 11.8. The summed E-state index contributed by atoms with van der Waals surface area (Å²) in [6.45, 7) is 1.48. The van der Waals surface area contributed by atoms with E-state index in [9.17, 15) is 22.4 Å². The number of rotatable bonds is 3. The number of aromatic nitrogens is 4. The normalized spacial score (nSPS) is 11.7. The van der Waals surface area contributed by atoms with Crippen molar-refractivity contribution in [1.82, 2.24) is 25.5 Å². The van der Waals surface area contributed by atoms with Gasteiger partial charge in [-0.15, -0.1) is 0 Å². The van der Waals surface area contributed by atoms with Crippen LogP contribution in [0, 0.1) is 12.7 Å². The second kappa shape index (κ2) is 6.11. The average Bonchev–Trinajstić information content (AvgIpc) is 2.94. The number of nitrogens with zero attached hydrogens (tertiary/aromatic N) is 3. The van der Waals surface area contributed by atoms with Gasteiger partial charge in [0.1, 0.15) is 23.2 Å². The molecule has 0 fully saturated rings. The Bertz CT molecular complexity index is 951. The van der Waals surface area contributed by atoms with Crippen LogP contribution in [0.1, 0.15) is 27.3 Å². The molecule has 0 aliphatic carbocycles. The van der Waals surface area contributed by atoms with Gasteiger partial charge in [0.2, 0.25) is 0 Å². The van der Waals surface area contributed by atoms with E-state index in [4.69, 9.17) is 0 Å². The molecule has 3 rings (SSSR count). The van der Waals surface area contributed by atoms with Gasteiger partial charge in [-0.1, -0.05) is 6.07 Å². The van der Waals surface area contributed by atoms with Crippen LogP contribution in [0.25, 0.3) is 11.0 Å². The quantitative estimate of drug-likeness (QED) is 0.709. The monoisotopic (exact) mass is 353 g/mol. The maximum absolute atomic E-state index is 13.3. The van der Waals surface area contributed by atoms with Crippen molar-refractivity contribution in [2.45, 2.75) is 19.6 Å². The average molecular weight is 353 g/mol. The molecule has 2 aromatic heterocycles. The molecular formula is C15H11F4N5O. The van der Waals surface area contributed by atoms with Crippen molar-refractivity contribution in [2.24, 2.45) is 0 Å². The van der Waals surface area contributed by atoms with Gasteiger partial charge < -0.3 is 5.32 Å². The number of H-pyrrole nitrogens is 1. The van der Waals surface area contributed by atoms with Gasteiger partial charge in [-0.25, -0.2) is 14.4 Å². The minimum Gasteiger partial charge on any atom is -0.347 e. The molecule has 2 heterocycles. The van der Waals surface area contributed by atoms with Crippen LogP contribution in [0.3, 0.4) is 0 Å². The smallest absolute Gasteiger partial charge is 0.347 e. The molecule has 1 aromatic carbocycles. The number of benzene rings is 1. The van der Waals surface area contributed by atoms with Gasteiger partial charge in [0.25, 0.3) is 5.91 Å². The molecule has 0 radical (unpaired) electrons. The third kappa shape index (κ3) is 3.28. The zero-order chi connectivity index (χ0) is 18.2. The van der Waals surface area contributed by atoms with E-state index in [0.29, 0.717) is 28.9 Å². The maximum atomic E-state index is 13.3. The SMILES string of the molecule is Cc1n[nH]c2c(C(=O)NCc3ccc(F)c(C(F)(F)F)c3)ncnc12. The van der Waals surface area contributed by atoms with Crippen molar-refractivity contribution >= 4 is 16.9 Å². The molecule has 0 saturated heterocycles. The fourth-order valence-corrected chi connectivity index (χ4v) is 2.30. The van der Waals surface area contributed by atoms with E-state index >= 15 is 0 Å². The molecular weight excluding hydrogens is 342 g/mol. The number of fused-ring (bicyclic) bond motifs is 1. The molecule has 6 nitrogen and oxygen atoms in total. The van der Waals surface area contributed by atoms with E-state index < -0.39 is 23.5 Å². The Morgan fingerprint density at radius 2 is 2.04 bits per heavy atom. The number of aromatic amines is 1. The highest BCUT2D eigenvalue weighted by Gasteiger charge is 2.34. The Kier molecular flexibility index (Phi) is 4.11. The van der Waals surface area contributed by atoms with Crippen molar-refractivity contribution in [2.75, 3.05) is 0 Å². The summed E-state index contributed by atoms with van der Waals surface area (Å²) in [5.74, 6) is -1.98. The molecule has 0 atom stereocenters. The molecule has 0 spiro atoms. The topological polar surface area (TPSA) is 83.6 Å². The zero-order valence-corrected chi connectivity index (χ0v) is 12.8. The largest absolute Gasteiger partial charge is 0.419 e. The minimum absolute atomic E-state index is 0.0174. The second-order valence-electron chi connectivity index (χ2n) is 5.25. The molecule has 25 heavy (non-hydrogen) atoms. The molecule has 0 unspecified atom stereocenters. The van der Waals surface area contributed by atoms with Crippen molar-refractivity contribution in [3.63, 3.8) is 0 Å². The number of amides is 1. The van der Waals surface area contributed by atoms with Gasteiger partial charge in [0.05, 0.1) is 11.3 Å². The van der Waals surface area contributed by atoms with Crippen LogP contribution in [-0.4, -0.2) is 26.1 Å². The summed E-state index contributed by atoms with van der Waals surface area (Å²) in [4.78, 5) is 20.1. The number of aryl methyl sites for hydroxylation is 1. The Morgan fingerprint density at radius 3 is 2.76 bits per heavy atom. The fourth-order valence-electron chi connectivity index (χ4n) is 2.30. The first kappa shape index (κ1) is 16.8. The number of nitrogens with one attached hydrogen (secondary N) is 2. The predicted octanol–water partition coefficient (Wildman–Crippen LogP) is 2.75. The molecule has 10 heteroatoms. The minimum atomic E-state index is -4.81. The number of hydrogen-bond acceptors (Lipinski definition) is 4. The van der Waals surface area contributed by atoms with Crippen LogP contribution in [0.5, 0.6) is 0 Å². The molecule has 130 valence electrons. The lowest BCUT2D eigenvalue weighted by Crippen LogP contribution is -2.24. The van der Waals surface area contributed by atoms with Gasteiger partial charge in [-0.05, 0) is 24.6 Å². The lowest BCUT2D eigenvalue weighted by molar-refractivity contribution is -0.140. The highest BCUT2D eigenvalue weighted by atomic mass is 19.4. The molecule has 0 aliphatic rings. The summed E-state index contributed by atoms with van der Waals surface area (Å²) in [7, 11) is 0. The molecule has 2 N–H and O–H groups in total. The number of alkyl halides is 3. The van der Waals surface area contributed by atoms with Crippen LogP contribution in [0.4, 0.5) is 17.6 Å². The van der Waals surface area contributed by atoms with Gasteiger partial charge in [0.15, 0.2) is 5.69 Å². The Balaban J connectivity index is 1.81. The molecule has 1 amide bonds. The van der Waals surface area contributed by atoms with E-state index in [1.807, 2.05) is 0 Å². The summed E-state index contributed by atoms with van der Waals surface area (Å²) >= 11 is 0. The van der Waals surface area contributed by atoms with Crippen LogP contribution < -0.4 is 5.32 Å². The van der Waals surface area contributed by atoms with E-state index in [-0.39, 0.29) is 17.8 Å². The summed E-state index contributed by atoms with van der Waals surface area (Å²) in [6.07, 6.45) is -3.62. The number of carbonyl (C=O) groups is 1. The van der Waals surface area contributed by atoms with Crippen molar-refractivity contribution < 1.29 is 22.4 Å². The Morgan fingerprint density at radius 1 is 1.28 bits per heavy atom. The number of hydrogen-bond donors (Lipinski definition) is 2. The summed E-state index contributed by atoms with van der Waals surface area (Å²) in [6, 6.07) is 2.54. The molecule has 0 saturated carbocycles. The lowest BCUT2D eigenvalue weighted by atomic mass is 10.1. The number of carbonyl (C=O) groups excluding carboxylic acids is 1. The summed E-state index contributed by atoms with van der Waals surface area (Å²) < 4.78 is 51.4. The van der Waals surface area contributed by atoms with Crippen molar-refractivity contribution in [3.05, 3.63) is 52.9 Å². The Hall–Kier alpha value is -3.04. The van der Waals surface area contributed by atoms with Gasteiger partial charge in [-0.3, -0.25) is 9.89 Å². The third-order valence-corrected chi connectivity index (χ3v) is 3.53. The number of halogens is 4. The first-order valence-electron chi connectivity index (χ1n) is 7.07. The van der Waals surface area contributed by atoms with E-state index in [1.165, 1.54) is 12.4 Å². The summed E-state index contributed by atoms with van der Waals surface area (Å²) in [5, 5.41) is 9.02. The first-order valence-corrected chi connectivity index (χ1v) is 7.07. The third-order valence-electron chi connectivity index (χ3n) is 3.53. The Labute approximate surface area is 138 Å². The highest BCUT2D eigenvalue weighted by molar-refractivity contribution is 6.02. The van der Waals surface area contributed by atoms with E-state index in [1.54, 1.807) is 6.92 Å². The van der Waals surface area contributed by atoms with Crippen LogP contribution in [0.15, 0.2) is 24.5 Å². The van der Waals surface area contributed by atoms with Crippen molar-refractivity contribution in [1.29, 1.82) is 0 Å². The predicted molar refractivity (Wildman–Crippen MR) is 79.0 cm³/mol. The zero-order valence-electron chi connectivity index (χ0n) is 12.8. The van der Waals surface area contributed by atoms with Gasteiger partial charge in [-0.2, -0.15) is 18.3 Å². The standard InChI is InChI=1S/C15H11F4N5O/c1-7-11-12(24-23-7)13(22-6-21-11)14(25)20-5-8-2-3-10(16)9(4-8)15(17,18)19/h2-4,6H,5H2,1H3,(H,20,25)(H,23,24). The van der Waals surface area contributed by atoms with Crippen molar-refractivity contribution in [3.8, 4) is 0 Å². The highest BCUT2D eigenvalue weighted by Crippen LogP contribution is 2.31. The van der Waals surface area contributed by atoms with Gasteiger partial charge >= 0.3 is 6.18 Å². The van der Waals surface area contributed by atoms with Crippen LogP contribution in [-0.2, 0) is 12.7 Å². The fraction of sp³-hybridized carbons (Fsp3) is 0.200. The van der Waals surface area contributed by atoms with E-state index in [0.717, 1.165) is 0 Å². The molecule has 3 aromatic rings. The summed E-state index contributed by atoms with van der Waals surface area (Å²) in [5.41, 5.74) is 0.124. The van der Waals surface area contributed by atoms with Crippen LogP contribution in [0.2, 0.25) is 0 Å². The maximum Gasteiger partial charge on any atom is 0.419 e. The van der Waals surface area contributed by atoms with E-state index in [2.05, 4.69) is 25.5 Å². The lowest BCUT2D eigenvalue weighted by Gasteiger charge is -2.10. The molecule has 0 aliphatic heterocycles. The molecule has 0 bridgehead atoms. The van der Waals surface area contributed by atoms with Gasteiger partial charge in [0, 0.05) is 6.54 Å².